The molecular weight excluding hydrogens is 420 g/mol. The summed E-state index contributed by atoms with van der Waals surface area (Å²) in [4.78, 5) is 49.6. The van der Waals surface area contributed by atoms with Crippen LogP contribution in [0.5, 0.6) is 0 Å². The number of aromatic amines is 1. The van der Waals surface area contributed by atoms with Gasteiger partial charge in [-0.15, -0.1) is 0 Å². The lowest BCUT2D eigenvalue weighted by Gasteiger charge is -2.32. The lowest BCUT2D eigenvalue weighted by Crippen LogP contribution is -2.42. The fraction of sp³-hybridized carbons (Fsp3) is 0.360. The van der Waals surface area contributed by atoms with Crippen molar-refractivity contribution in [2.45, 2.75) is 25.2 Å². The fourth-order valence-electron chi connectivity index (χ4n) is 4.89. The third kappa shape index (κ3) is 3.97. The zero-order chi connectivity index (χ0) is 22.9. The molecule has 0 bridgehead atoms. The maximum Gasteiger partial charge on any atom is 0.339 e. The van der Waals surface area contributed by atoms with Gasteiger partial charge in [0.05, 0.1) is 35.3 Å². The first kappa shape index (κ1) is 21.2. The smallest absolute Gasteiger partial charge is 0.339 e. The number of para-hydroxylation sites is 3. The lowest BCUT2D eigenvalue weighted by atomic mass is 9.95. The fourth-order valence-corrected chi connectivity index (χ4v) is 4.89. The van der Waals surface area contributed by atoms with Gasteiger partial charge in [0, 0.05) is 32.0 Å². The molecule has 5 rings (SSSR count). The molecule has 8 heteroatoms. The van der Waals surface area contributed by atoms with Crippen molar-refractivity contribution in [1.29, 1.82) is 0 Å². The van der Waals surface area contributed by atoms with Gasteiger partial charge in [0.2, 0.25) is 11.8 Å². The minimum atomic E-state index is -0.499. The van der Waals surface area contributed by atoms with Gasteiger partial charge in [-0.25, -0.2) is 9.78 Å². The Morgan fingerprint density at radius 2 is 1.79 bits per heavy atom. The minimum absolute atomic E-state index is 0.00413. The number of aromatic nitrogens is 2. The van der Waals surface area contributed by atoms with E-state index >= 15 is 0 Å². The molecule has 0 saturated carbocycles. The number of H-pyrrole nitrogens is 1. The molecule has 2 aromatic carbocycles. The van der Waals surface area contributed by atoms with Crippen LogP contribution in [0.3, 0.4) is 0 Å². The number of benzene rings is 2. The molecule has 2 aliphatic rings. The Bertz CT molecular complexity index is 1180. The number of imidazole rings is 1. The third-order valence-electron chi connectivity index (χ3n) is 6.68. The number of nitrogens with zero attached hydrogens (tertiary/aromatic N) is 3. The summed E-state index contributed by atoms with van der Waals surface area (Å²) in [5, 5.41) is 0. The normalized spacial score (nSPS) is 19.3. The van der Waals surface area contributed by atoms with E-state index in [4.69, 9.17) is 9.72 Å². The summed E-state index contributed by atoms with van der Waals surface area (Å²) in [5.74, 6) is 0.207. The van der Waals surface area contributed by atoms with Crippen molar-refractivity contribution in [3.8, 4) is 0 Å². The van der Waals surface area contributed by atoms with Crippen LogP contribution in [0.1, 0.15) is 41.4 Å². The summed E-state index contributed by atoms with van der Waals surface area (Å²) < 4.78 is 4.85. The summed E-state index contributed by atoms with van der Waals surface area (Å²) in [6, 6.07) is 14.8. The van der Waals surface area contributed by atoms with Crippen LogP contribution < -0.4 is 4.90 Å². The molecule has 1 aromatic heterocycles. The van der Waals surface area contributed by atoms with Crippen LogP contribution in [0.2, 0.25) is 0 Å². The van der Waals surface area contributed by atoms with Gasteiger partial charge in [-0.05, 0) is 37.1 Å². The Labute approximate surface area is 191 Å². The van der Waals surface area contributed by atoms with Gasteiger partial charge in [0.1, 0.15) is 5.82 Å². The number of carbonyl (C=O) groups excluding carboxylic acids is 3. The lowest BCUT2D eigenvalue weighted by molar-refractivity contribution is -0.136. The standard InChI is InChI=1S/C25H26N4O4/c1-33-25(32)18-6-2-5-9-21(18)29-15-17(14-22(29)30)24(31)28-12-10-16(11-13-28)23-26-19-7-3-4-8-20(19)27-23/h2-9,16-17H,10-15H2,1H3,(H,26,27). The van der Waals surface area contributed by atoms with Crippen molar-refractivity contribution in [1.82, 2.24) is 14.9 Å². The zero-order valence-electron chi connectivity index (χ0n) is 18.5. The first-order valence-corrected chi connectivity index (χ1v) is 11.3. The van der Waals surface area contributed by atoms with E-state index in [1.54, 1.807) is 24.3 Å². The van der Waals surface area contributed by atoms with Gasteiger partial charge < -0.3 is 19.5 Å². The van der Waals surface area contributed by atoms with E-state index < -0.39 is 11.9 Å². The predicted molar refractivity (Wildman–Crippen MR) is 123 cm³/mol. The van der Waals surface area contributed by atoms with E-state index in [0.29, 0.717) is 24.3 Å². The molecule has 2 fully saturated rings. The maximum atomic E-state index is 13.2. The highest BCUT2D eigenvalue weighted by Crippen LogP contribution is 2.32. The zero-order valence-corrected chi connectivity index (χ0v) is 18.5. The Morgan fingerprint density at radius 3 is 2.55 bits per heavy atom. The summed E-state index contributed by atoms with van der Waals surface area (Å²) in [6.45, 7) is 1.56. The number of piperidine rings is 1. The molecular formula is C25H26N4O4. The quantitative estimate of drug-likeness (QED) is 0.622. The molecule has 2 aliphatic heterocycles. The average Bonchev–Trinajstić information content (AvgIpc) is 3.47. The number of rotatable bonds is 4. The maximum absolute atomic E-state index is 13.2. The first-order chi connectivity index (χ1) is 16.0. The number of methoxy groups -OCH3 is 1. The number of nitrogens with one attached hydrogen (secondary N) is 1. The van der Waals surface area contributed by atoms with Crippen LogP contribution in [0, 0.1) is 5.92 Å². The summed E-state index contributed by atoms with van der Waals surface area (Å²) in [5.41, 5.74) is 2.81. The highest BCUT2D eigenvalue weighted by Gasteiger charge is 2.39. The molecule has 8 nitrogen and oxygen atoms in total. The molecule has 0 spiro atoms. The number of esters is 1. The van der Waals surface area contributed by atoms with Crippen LogP contribution in [0.4, 0.5) is 5.69 Å². The van der Waals surface area contributed by atoms with Crippen LogP contribution in [0.15, 0.2) is 48.5 Å². The van der Waals surface area contributed by atoms with Crippen molar-refractivity contribution in [3.05, 3.63) is 59.9 Å². The Kier molecular flexibility index (Phi) is 5.58. The monoisotopic (exact) mass is 446 g/mol. The highest BCUT2D eigenvalue weighted by atomic mass is 16.5. The third-order valence-corrected chi connectivity index (χ3v) is 6.68. The molecule has 33 heavy (non-hydrogen) atoms. The average molecular weight is 447 g/mol. The second-order valence-corrected chi connectivity index (χ2v) is 8.65. The number of hydrogen-bond donors (Lipinski definition) is 1. The Morgan fingerprint density at radius 1 is 1.06 bits per heavy atom. The summed E-state index contributed by atoms with van der Waals surface area (Å²) in [6.07, 6.45) is 1.82. The van der Waals surface area contributed by atoms with Crippen LogP contribution in [-0.4, -0.2) is 59.4 Å². The second-order valence-electron chi connectivity index (χ2n) is 8.65. The van der Waals surface area contributed by atoms with Gasteiger partial charge in [-0.2, -0.15) is 0 Å². The SMILES string of the molecule is COC(=O)c1ccccc1N1CC(C(=O)N2CCC(c3nc4ccccc4[nH]3)CC2)CC1=O. The molecule has 0 aliphatic carbocycles. The molecule has 3 aromatic rings. The molecule has 170 valence electrons. The Balaban J connectivity index is 1.24. The molecule has 3 heterocycles. The van der Waals surface area contributed by atoms with E-state index in [2.05, 4.69) is 4.98 Å². The minimum Gasteiger partial charge on any atom is -0.465 e. The van der Waals surface area contributed by atoms with Crippen LogP contribution in [-0.2, 0) is 14.3 Å². The van der Waals surface area contributed by atoms with E-state index in [1.807, 2.05) is 29.2 Å². The van der Waals surface area contributed by atoms with Crippen molar-refractivity contribution in [2.75, 3.05) is 31.6 Å². The van der Waals surface area contributed by atoms with Gasteiger partial charge in [0.25, 0.3) is 0 Å². The van der Waals surface area contributed by atoms with E-state index in [-0.39, 0.29) is 30.7 Å². The van der Waals surface area contributed by atoms with Crippen molar-refractivity contribution < 1.29 is 19.1 Å². The molecule has 2 amide bonds. The van der Waals surface area contributed by atoms with E-state index in [0.717, 1.165) is 29.7 Å². The van der Waals surface area contributed by atoms with Gasteiger partial charge in [-0.3, -0.25) is 9.59 Å². The van der Waals surface area contributed by atoms with Gasteiger partial charge in [-0.1, -0.05) is 24.3 Å². The number of hydrogen-bond acceptors (Lipinski definition) is 5. The molecule has 0 radical (unpaired) electrons. The molecule has 1 unspecified atom stereocenters. The molecule has 2 saturated heterocycles. The van der Waals surface area contributed by atoms with Crippen LogP contribution >= 0.6 is 0 Å². The summed E-state index contributed by atoms with van der Waals surface area (Å²) in [7, 11) is 1.31. The largest absolute Gasteiger partial charge is 0.465 e. The van der Waals surface area contributed by atoms with Crippen LogP contribution in [0.25, 0.3) is 11.0 Å². The van der Waals surface area contributed by atoms with E-state index in [9.17, 15) is 14.4 Å². The van der Waals surface area contributed by atoms with Crippen molar-refractivity contribution in [2.24, 2.45) is 5.92 Å². The van der Waals surface area contributed by atoms with Gasteiger partial charge >= 0.3 is 5.97 Å². The summed E-state index contributed by atoms with van der Waals surface area (Å²) >= 11 is 0. The van der Waals surface area contributed by atoms with Crippen molar-refractivity contribution >= 4 is 34.5 Å². The first-order valence-electron chi connectivity index (χ1n) is 11.3. The molecule has 1 atom stereocenters. The Hall–Kier alpha value is -3.68. The van der Waals surface area contributed by atoms with Gasteiger partial charge in [0.15, 0.2) is 0 Å². The number of likely N-dealkylation sites (tertiary alicyclic amines) is 1. The van der Waals surface area contributed by atoms with E-state index in [1.165, 1.54) is 12.0 Å². The number of carbonyl (C=O) groups is 3. The van der Waals surface area contributed by atoms with Crippen molar-refractivity contribution in [3.63, 3.8) is 0 Å². The highest BCUT2D eigenvalue weighted by molar-refractivity contribution is 6.05. The predicted octanol–water partition coefficient (Wildman–Crippen LogP) is 3.11. The number of amides is 2. The topological polar surface area (TPSA) is 95.6 Å². The number of fused-ring (bicyclic) bond motifs is 1. The molecule has 1 N–H and O–H groups in total. The second kappa shape index (κ2) is 8.69. The number of ether oxygens (including phenoxy) is 1. The number of anilines is 1.